The molecule has 3 amide bonds. The molecule has 1 aromatic carbocycles. The molecule has 1 unspecified atom stereocenters. The Morgan fingerprint density at radius 2 is 1.97 bits per heavy atom. The van der Waals surface area contributed by atoms with E-state index in [0.29, 0.717) is 24.2 Å². The smallest absolute Gasteiger partial charge is 0.254 e. The number of rotatable bonds is 9. The average Bonchev–Trinajstić information content (AvgIpc) is 2.74. The van der Waals surface area contributed by atoms with E-state index in [-0.39, 0.29) is 29.7 Å². The summed E-state index contributed by atoms with van der Waals surface area (Å²) in [5.41, 5.74) is 0.788. The van der Waals surface area contributed by atoms with Crippen LogP contribution in [0.25, 0.3) is 0 Å². The third-order valence-electron chi connectivity index (χ3n) is 4.73. The van der Waals surface area contributed by atoms with Crippen LogP contribution >= 0.6 is 11.8 Å². The van der Waals surface area contributed by atoms with E-state index in [4.69, 9.17) is 0 Å². The Morgan fingerprint density at radius 1 is 1.28 bits per heavy atom. The Labute approximate surface area is 177 Å². The molecule has 1 heterocycles. The second kappa shape index (κ2) is 10.1. The first-order valence-corrected chi connectivity index (χ1v) is 11.2. The number of nitrogens with one attached hydrogen (secondary N) is 2. The molecule has 1 aliphatic heterocycles. The van der Waals surface area contributed by atoms with Gasteiger partial charge in [-0.25, -0.2) is 0 Å². The SMILES string of the molecule is CSCCC1NC(=O)c2ccccc2N(CC(=O)NCC(C)(C)CN(C)C)C1=O. The van der Waals surface area contributed by atoms with Gasteiger partial charge in [-0.3, -0.25) is 14.4 Å². The zero-order chi connectivity index (χ0) is 21.6. The molecule has 0 fully saturated rings. The summed E-state index contributed by atoms with van der Waals surface area (Å²) in [6, 6.07) is 6.28. The summed E-state index contributed by atoms with van der Waals surface area (Å²) < 4.78 is 0. The van der Waals surface area contributed by atoms with Gasteiger partial charge in [0.15, 0.2) is 0 Å². The van der Waals surface area contributed by atoms with Gasteiger partial charge in [0, 0.05) is 13.1 Å². The fourth-order valence-corrected chi connectivity index (χ4v) is 4.02. The molecule has 1 aromatic rings. The molecule has 2 N–H and O–H groups in total. The van der Waals surface area contributed by atoms with Gasteiger partial charge in [-0.2, -0.15) is 11.8 Å². The van der Waals surface area contributed by atoms with Crippen LogP contribution in [0.1, 0.15) is 30.6 Å². The highest BCUT2D eigenvalue weighted by Crippen LogP contribution is 2.25. The number of thioether (sulfide) groups is 1. The quantitative estimate of drug-likeness (QED) is 0.634. The standard InChI is InChI=1S/C21H32N4O3S/c1-21(2,14-24(3)4)13-22-18(26)12-25-17-9-7-6-8-15(17)19(27)23-16(20(25)28)10-11-29-5/h6-9,16H,10-14H2,1-5H3,(H,22,26)(H,23,27). The summed E-state index contributed by atoms with van der Waals surface area (Å²) in [6.07, 6.45) is 2.48. The lowest BCUT2D eigenvalue weighted by Crippen LogP contribution is -2.50. The van der Waals surface area contributed by atoms with Crippen LogP contribution in [0, 0.1) is 5.41 Å². The molecule has 29 heavy (non-hydrogen) atoms. The molecular formula is C21H32N4O3S. The van der Waals surface area contributed by atoms with Gasteiger partial charge < -0.3 is 20.4 Å². The summed E-state index contributed by atoms with van der Waals surface area (Å²) in [6.45, 7) is 5.38. The minimum absolute atomic E-state index is 0.0989. The average molecular weight is 421 g/mol. The largest absolute Gasteiger partial charge is 0.354 e. The number of fused-ring (bicyclic) bond motifs is 1. The lowest BCUT2D eigenvalue weighted by Gasteiger charge is -2.29. The topological polar surface area (TPSA) is 81.8 Å². The third-order valence-corrected chi connectivity index (χ3v) is 5.37. The highest BCUT2D eigenvalue weighted by Gasteiger charge is 2.34. The summed E-state index contributed by atoms with van der Waals surface area (Å²) in [7, 11) is 3.99. The Morgan fingerprint density at radius 3 is 2.62 bits per heavy atom. The Balaban J connectivity index is 2.18. The predicted octanol–water partition coefficient (Wildman–Crippen LogP) is 1.59. The molecule has 0 aromatic heterocycles. The molecule has 8 heteroatoms. The van der Waals surface area contributed by atoms with Crippen molar-refractivity contribution in [3.05, 3.63) is 29.8 Å². The monoisotopic (exact) mass is 420 g/mol. The van der Waals surface area contributed by atoms with Crippen LogP contribution in [-0.4, -0.2) is 74.4 Å². The van der Waals surface area contributed by atoms with Crippen molar-refractivity contribution in [2.45, 2.75) is 26.3 Å². The van der Waals surface area contributed by atoms with Crippen LogP contribution < -0.4 is 15.5 Å². The van der Waals surface area contributed by atoms with Crippen LogP contribution in [0.3, 0.4) is 0 Å². The van der Waals surface area contributed by atoms with Gasteiger partial charge in [-0.1, -0.05) is 26.0 Å². The molecule has 1 aliphatic rings. The van der Waals surface area contributed by atoms with Crippen LogP contribution in [0.4, 0.5) is 5.69 Å². The van der Waals surface area contributed by atoms with Crippen LogP contribution in [-0.2, 0) is 9.59 Å². The first-order valence-electron chi connectivity index (χ1n) is 9.76. The molecule has 1 atom stereocenters. The van der Waals surface area contributed by atoms with Crippen molar-refractivity contribution in [3.8, 4) is 0 Å². The molecule has 0 saturated carbocycles. The van der Waals surface area contributed by atoms with E-state index in [2.05, 4.69) is 29.4 Å². The van der Waals surface area contributed by atoms with Crippen LogP contribution in [0.2, 0.25) is 0 Å². The van der Waals surface area contributed by atoms with E-state index in [1.807, 2.05) is 20.4 Å². The first kappa shape index (κ1) is 23.2. The van der Waals surface area contributed by atoms with E-state index >= 15 is 0 Å². The fourth-order valence-electron chi connectivity index (χ4n) is 3.55. The Kier molecular flexibility index (Phi) is 8.10. The molecule has 7 nitrogen and oxygen atoms in total. The maximum absolute atomic E-state index is 13.2. The van der Waals surface area contributed by atoms with Gasteiger partial charge in [0.05, 0.1) is 11.3 Å². The predicted molar refractivity (Wildman–Crippen MR) is 118 cm³/mol. The van der Waals surface area contributed by atoms with E-state index in [9.17, 15) is 14.4 Å². The van der Waals surface area contributed by atoms with Crippen LogP contribution in [0.5, 0.6) is 0 Å². The molecule has 0 bridgehead atoms. The normalized spacial score (nSPS) is 17.0. The van der Waals surface area contributed by atoms with E-state index in [1.165, 1.54) is 4.90 Å². The number of anilines is 1. The van der Waals surface area contributed by atoms with Gasteiger partial charge in [0.1, 0.15) is 12.6 Å². The van der Waals surface area contributed by atoms with Crippen molar-refractivity contribution in [1.82, 2.24) is 15.5 Å². The molecule has 0 saturated heterocycles. The summed E-state index contributed by atoms with van der Waals surface area (Å²) in [5, 5.41) is 5.77. The summed E-state index contributed by atoms with van der Waals surface area (Å²) >= 11 is 1.61. The molecule has 160 valence electrons. The molecule has 0 spiro atoms. The van der Waals surface area contributed by atoms with E-state index in [1.54, 1.807) is 36.0 Å². The van der Waals surface area contributed by atoms with Crippen LogP contribution in [0.15, 0.2) is 24.3 Å². The third kappa shape index (κ3) is 6.47. The second-order valence-corrected chi connectivity index (χ2v) is 9.41. The zero-order valence-electron chi connectivity index (χ0n) is 17.9. The van der Waals surface area contributed by atoms with Crippen molar-refractivity contribution < 1.29 is 14.4 Å². The number of hydrogen-bond acceptors (Lipinski definition) is 5. The first-order chi connectivity index (χ1) is 13.6. The minimum Gasteiger partial charge on any atom is -0.354 e. The van der Waals surface area contributed by atoms with Crippen molar-refractivity contribution >= 4 is 35.2 Å². The second-order valence-electron chi connectivity index (χ2n) is 8.43. The van der Waals surface area contributed by atoms with E-state index < -0.39 is 6.04 Å². The van der Waals surface area contributed by atoms with E-state index in [0.717, 1.165) is 12.3 Å². The lowest BCUT2D eigenvalue weighted by molar-refractivity contribution is -0.124. The number of carbonyl (C=O) groups is 3. The van der Waals surface area contributed by atoms with Crippen molar-refractivity contribution in [2.75, 3.05) is 50.6 Å². The molecule has 2 rings (SSSR count). The molecule has 0 radical (unpaired) electrons. The highest BCUT2D eigenvalue weighted by molar-refractivity contribution is 7.98. The number of benzene rings is 1. The Hall–Kier alpha value is -2.06. The lowest BCUT2D eigenvalue weighted by atomic mass is 9.93. The number of nitrogens with zero attached hydrogens (tertiary/aromatic N) is 2. The van der Waals surface area contributed by atoms with Gasteiger partial charge in [-0.05, 0) is 50.1 Å². The molecular weight excluding hydrogens is 388 g/mol. The number of carbonyl (C=O) groups excluding carboxylic acids is 3. The number of amides is 3. The van der Waals surface area contributed by atoms with Gasteiger partial charge in [-0.15, -0.1) is 0 Å². The van der Waals surface area contributed by atoms with Crippen molar-refractivity contribution in [3.63, 3.8) is 0 Å². The Bertz CT molecular complexity index is 751. The summed E-state index contributed by atoms with van der Waals surface area (Å²) in [5.74, 6) is -0.0284. The zero-order valence-corrected chi connectivity index (χ0v) is 18.8. The van der Waals surface area contributed by atoms with Gasteiger partial charge >= 0.3 is 0 Å². The minimum atomic E-state index is -0.639. The summed E-state index contributed by atoms with van der Waals surface area (Å²) in [4.78, 5) is 42.0. The van der Waals surface area contributed by atoms with Gasteiger partial charge in [0.25, 0.3) is 5.91 Å². The van der Waals surface area contributed by atoms with Crippen molar-refractivity contribution in [1.29, 1.82) is 0 Å². The van der Waals surface area contributed by atoms with Gasteiger partial charge in [0.2, 0.25) is 11.8 Å². The highest BCUT2D eigenvalue weighted by atomic mass is 32.2. The fraction of sp³-hybridized carbons (Fsp3) is 0.571. The number of hydrogen-bond donors (Lipinski definition) is 2. The molecule has 0 aliphatic carbocycles. The number of para-hydroxylation sites is 1. The van der Waals surface area contributed by atoms with Crippen molar-refractivity contribution in [2.24, 2.45) is 5.41 Å². The maximum atomic E-state index is 13.2. The maximum Gasteiger partial charge on any atom is 0.254 e.